The molecule has 0 bridgehead atoms. The molecule has 26 heavy (non-hydrogen) atoms. The number of rotatable bonds is 3. The van der Waals surface area contributed by atoms with Gasteiger partial charge in [-0.15, -0.1) is 0 Å². The zero-order valence-electron chi connectivity index (χ0n) is 14.8. The number of hydrogen-bond donors (Lipinski definition) is 0. The highest BCUT2D eigenvalue weighted by atomic mass is 16.5. The van der Waals surface area contributed by atoms with Crippen LogP contribution in [0.4, 0.5) is 0 Å². The first-order valence-electron chi connectivity index (χ1n) is 8.93. The van der Waals surface area contributed by atoms with Gasteiger partial charge in [-0.2, -0.15) is 0 Å². The summed E-state index contributed by atoms with van der Waals surface area (Å²) in [5, 5.41) is 0. The smallest absolute Gasteiger partial charge is 0.254 e. The Morgan fingerprint density at radius 2 is 1.85 bits per heavy atom. The van der Waals surface area contributed by atoms with E-state index in [1.54, 1.807) is 7.11 Å². The molecule has 1 atom stereocenters. The Hall–Kier alpha value is -3.01. The van der Waals surface area contributed by atoms with Crippen LogP contribution in [0.1, 0.15) is 34.1 Å². The van der Waals surface area contributed by atoms with Gasteiger partial charge in [-0.05, 0) is 48.4 Å². The number of nitrogens with zero attached hydrogens (tertiary/aromatic N) is 2. The number of aromatic nitrogens is 1. The molecule has 0 radical (unpaired) electrons. The van der Waals surface area contributed by atoms with Crippen LogP contribution in [-0.4, -0.2) is 29.0 Å². The molecular weight excluding hydrogens is 324 g/mol. The van der Waals surface area contributed by atoms with Crippen LogP contribution in [0.2, 0.25) is 0 Å². The minimum absolute atomic E-state index is 0.0630. The molecule has 1 aliphatic rings. The standard InChI is InChI=1S/C22H22N2O2/c1-26-19-11-5-10-18(16-19)21-20-12-6-13-23(20)14-7-15-24(21)22(25)17-8-3-2-4-9-17/h2-6,8-13,16,21H,7,14-15H2,1H3. The lowest BCUT2D eigenvalue weighted by atomic mass is 10.0. The predicted molar refractivity (Wildman–Crippen MR) is 101 cm³/mol. The van der Waals surface area contributed by atoms with Crippen LogP contribution in [0.3, 0.4) is 0 Å². The highest BCUT2D eigenvalue weighted by molar-refractivity contribution is 5.94. The molecule has 0 fully saturated rings. The number of carbonyl (C=O) groups is 1. The van der Waals surface area contributed by atoms with Crippen LogP contribution in [0, 0.1) is 0 Å². The lowest BCUT2D eigenvalue weighted by Crippen LogP contribution is -2.35. The van der Waals surface area contributed by atoms with Crippen LogP contribution in [0.15, 0.2) is 72.9 Å². The minimum Gasteiger partial charge on any atom is -0.497 e. The molecule has 4 heteroatoms. The van der Waals surface area contributed by atoms with Crippen molar-refractivity contribution in [2.75, 3.05) is 13.7 Å². The molecule has 3 aromatic rings. The average Bonchev–Trinajstić information content (AvgIpc) is 3.08. The molecule has 0 saturated heterocycles. The van der Waals surface area contributed by atoms with E-state index in [2.05, 4.69) is 29.0 Å². The highest BCUT2D eigenvalue weighted by Crippen LogP contribution is 2.34. The number of amides is 1. The number of methoxy groups -OCH3 is 1. The molecule has 0 saturated carbocycles. The summed E-state index contributed by atoms with van der Waals surface area (Å²) in [5.74, 6) is 0.866. The van der Waals surface area contributed by atoms with Crippen molar-refractivity contribution in [2.45, 2.75) is 19.0 Å². The molecule has 4 rings (SSSR count). The molecule has 1 aromatic heterocycles. The summed E-state index contributed by atoms with van der Waals surface area (Å²) in [6, 6.07) is 21.6. The first-order chi connectivity index (χ1) is 12.8. The lowest BCUT2D eigenvalue weighted by Gasteiger charge is -2.31. The van der Waals surface area contributed by atoms with Gasteiger partial charge in [0.15, 0.2) is 0 Å². The minimum atomic E-state index is -0.129. The molecule has 1 aliphatic heterocycles. The van der Waals surface area contributed by atoms with Crippen molar-refractivity contribution in [1.82, 2.24) is 9.47 Å². The van der Waals surface area contributed by atoms with E-state index in [9.17, 15) is 4.79 Å². The van der Waals surface area contributed by atoms with Crippen molar-refractivity contribution in [3.8, 4) is 5.75 Å². The van der Waals surface area contributed by atoms with Crippen LogP contribution in [0.5, 0.6) is 5.75 Å². The van der Waals surface area contributed by atoms with Gasteiger partial charge < -0.3 is 14.2 Å². The van der Waals surface area contributed by atoms with E-state index in [0.29, 0.717) is 0 Å². The lowest BCUT2D eigenvalue weighted by molar-refractivity contribution is 0.0709. The molecule has 1 unspecified atom stereocenters. The Labute approximate surface area is 153 Å². The third-order valence-corrected chi connectivity index (χ3v) is 4.95. The SMILES string of the molecule is COc1cccc(C2c3cccn3CCCN2C(=O)c2ccccc2)c1. The number of aryl methyl sites for hydroxylation is 1. The summed E-state index contributed by atoms with van der Waals surface area (Å²) in [4.78, 5) is 15.3. The van der Waals surface area contributed by atoms with Gasteiger partial charge in [-0.3, -0.25) is 4.79 Å². The van der Waals surface area contributed by atoms with Crippen molar-refractivity contribution in [2.24, 2.45) is 0 Å². The van der Waals surface area contributed by atoms with E-state index in [0.717, 1.165) is 42.1 Å². The van der Waals surface area contributed by atoms with Gasteiger partial charge in [-0.25, -0.2) is 0 Å². The van der Waals surface area contributed by atoms with Crippen LogP contribution in [0.25, 0.3) is 0 Å². The second kappa shape index (κ2) is 7.08. The maximum absolute atomic E-state index is 13.3. The number of hydrogen-bond acceptors (Lipinski definition) is 2. The van der Waals surface area contributed by atoms with Crippen LogP contribution < -0.4 is 4.74 Å². The third-order valence-electron chi connectivity index (χ3n) is 4.95. The van der Waals surface area contributed by atoms with Gasteiger partial charge in [0.05, 0.1) is 13.2 Å². The zero-order valence-corrected chi connectivity index (χ0v) is 14.8. The number of fused-ring (bicyclic) bond motifs is 1. The summed E-state index contributed by atoms with van der Waals surface area (Å²) < 4.78 is 7.67. The number of ether oxygens (including phenoxy) is 1. The van der Waals surface area contributed by atoms with E-state index < -0.39 is 0 Å². The molecule has 0 N–H and O–H groups in total. The fraction of sp³-hybridized carbons (Fsp3) is 0.227. The largest absolute Gasteiger partial charge is 0.497 e. The molecule has 1 amide bonds. The summed E-state index contributed by atoms with van der Waals surface area (Å²) in [6.07, 6.45) is 3.03. The Kier molecular flexibility index (Phi) is 4.48. The normalized spacial score (nSPS) is 16.7. The fourth-order valence-corrected chi connectivity index (χ4v) is 3.71. The van der Waals surface area contributed by atoms with Gasteiger partial charge in [0.2, 0.25) is 0 Å². The van der Waals surface area contributed by atoms with Crippen LogP contribution >= 0.6 is 0 Å². The van der Waals surface area contributed by atoms with Gasteiger partial charge >= 0.3 is 0 Å². The van der Waals surface area contributed by atoms with Gasteiger partial charge in [0, 0.05) is 30.5 Å². The molecule has 0 aliphatic carbocycles. The molecular formula is C22H22N2O2. The summed E-state index contributed by atoms with van der Waals surface area (Å²) in [5.41, 5.74) is 2.93. The first kappa shape index (κ1) is 16.5. The van der Waals surface area contributed by atoms with E-state index in [1.807, 2.05) is 53.4 Å². The van der Waals surface area contributed by atoms with E-state index in [4.69, 9.17) is 4.74 Å². The zero-order chi connectivity index (χ0) is 17.9. The molecule has 132 valence electrons. The van der Waals surface area contributed by atoms with Gasteiger partial charge in [-0.1, -0.05) is 30.3 Å². The topological polar surface area (TPSA) is 34.5 Å². The molecule has 4 nitrogen and oxygen atoms in total. The van der Waals surface area contributed by atoms with Crippen molar-refractivity contribution in [1.29, 1.82) is 0 Å². The summed E-state index contributed by atoms with van der Waals surface area (Å²) in [7, 11) is 1.67. The molecule has 2 heterocycles. The van der Waals surface area contributed by atoms with Gasteiger partial charge in [0.1, 0.15) is 5.75 Å². The van der Waals surface area contributed by atoms with Crippen molar-refractivity contribution in [3.63, 3.8) is 0 Å². The second-order valence-electron chi connectivity index (χ2n) is 6.52. The fourth-order valence-electron chi connectivity index (χ4n) is 3.71. The Morgan fingerprint density at radius 1 is 1.00 bits per heavy atom. The average molecular weight is 346 g/mol. The second-order valence-corrected chi connectivity index (χ2v) is 6.52. The van der Waals surface area contributed by atoms with E-state index in [-0.39, 0.29) is 11.9 Å². The van der Waals surface area contributed by atoms with E-state index in [1.165, 1.54) is 0 Å². The summed E-state index contributed by atoms with van der Waals surface area (Å²) in [6.45, 7) is 1.64. The maximum Gasteiger partial charge on any atom is 0.254 e. The Balaban J connectivity index is 1.82. The Morgan fingerprint density at radius 3 is 2.65 bits per heavy atom. The summed E-state index contributed by atoms with van der Waals surface area (Å²) >= 11 is 0. The molecule has 2 aromatic carbocycles. The number of benzene rings is 2. The van der Waals surface area contributed by atoms with Crippen molar-refractivity contribution < 1.29 is 9.53 Å². The van der Waals surface area contributed by atoms with Crippen LogP contribution in [-0.2, 0) is 6.54 Å². The van der Waals surface area contributed by atoms with Gasteiger partial charge in [0.25, 0.3) is 5.91 Å². The van der Waals surface area contributed by atoms with E-state index >= 15 is 0 Å². The Bertz CT molecular complexity index is 901. The third kappa shape index (κ3) is 2.99. The van der Waals surface area contributed by atoms with Crippen molar-refractivity contribution in [3.05, 3.63) is 89.7 Å². The first-order valence-corrected chi connectivity index (χ1v) is 8.93. The monoisotopic (exact) mass is 346 g/mol. The van der Waals surface area contributed by atoms with Crippen molar-refractivity contribution >= 4 is 5.91 Å². The number of carbonyl (C=O) groups excluding carboxylic acids is 1. The molecule has 0 spiro atoms. The quantitative estimate of drug-likeness (QED) is 0.714. The highest BCUT2D eigenvalue weighted by Gasteiger charge is 2.31. The maximum atomic E-state index is 13.3. The predicted octanol–water partition coefficient (Wildman–Crippen LogP) is 4.13.